The average Bonchev–Trinajstić information content (AvgIpc) is 2.99. The summed E-state index contributed by atoms with van der Waals surface area (Å²) < 4.78 is 11.5. The van der Waals surface area contributed by atoms with Crippen molar-refractivity contribution in [2.45, 2.75) is 25.9 Å². The van der Waals surface area contributed by atoms with Gasteiger partial charge < -0.3 is 14.4 Å². The molecule has 0 saturated carbocycles. The Morgan fingerprint density at radius 3 is 2.32 bits per heavy atom. The number of imide groups is 2. The second-order valence-electron chi connectivity index (χ2n) is 9.68. The molecule has 0 aromatic heterocycles. The van der Waals surface area contributed by atoms with E-state index in [1.807, 2.05) is 29.2 Å². The molecule has 1 N–H and O–H groups in total. The summed E-state index contributed by atoms with van der Waals surface area (Å²) in [5.41, 5.74) is 2.10. The summed E-state index contributed by atoms with van der Waals surface area (Å²) in [6.45, 7) is 1.84. The number of amides is 5. The largest absolute Gasteiger partial charge is 0.493 e. The SMILES string of the molecule is COc1cc(/C=C2\C(=O)NC(=O)N(c3ccc(Cl)cc3)C2=O)ccc1OCc1ccc(C(=O)N2CCCCC2)cc1. The molecule has 2 saturated heterocycles. The number of benzene rings is 3. The fourth-order valence-electron chi connectivity index (χ4n) is 4.73. The van der Waals surface area contributed by atoms with E-state index in [1.165, 1.54) is 31.7 Å². The van der Waals surface area contributed by atoms with Crippen LogP contribution in [0.5, 0.6) is 11.5 Å². The molecule has 0 unspecified atom stereocenters. The van der Waals surface area contributed by atoms with Gasteiger partial charge in [-0.05, 0) is 85.0 Å². The molecule has 2 fully saturated rings. The molecule has 0 spiro atoms. The fourth-order valence-corrected chi connectivity index (χ4v) is 4.85. The fraction of sp³-hybridized carbons (Fsp3) is 0.226. The second-order valence-corrected chi connectivity index (χ2v) is 10.1. The summed E-state index contributed by atoms with van der Waals surface area (Å²) in [7, 11) is 1.49. The molecular weight excluding hydrogens is 546 g/mol. The van der Waals surface area contributed by atoms with Gasteiger partial charge in [0.15, 0.2) is 11.5 Å². The number of halogens is 1. The van der Waals surface area contributed by atoms with E-state index in [0.717, 1.165) is 36.4 Å². The maximum Gasteiger partial charge on any atom is 0.335 e. The summed E-state index contributed by atoms with van der Waals surface area (Å²) in [6.07, 6.45) is 4.64. The van der Waals surface area contributed by atoms with Crippen molar-refractivity contribution in [2.75, 3.05) is 25.1 Å². The maximum atomic E-state index is 13.1. The number of urea groups is 1. The average molecular weight is 574 g/mol. The lowest BCUT2D eigenvalue weighted by atomic mass is 10.1. The lowest BCUT2D eigenvalue weighted by Crippen LogP contribution is -2.54. The van der Waals surface area contributed by atoms with Crippen LogP contribution in [0.4, 0.5) is 10.5 Å². The molecule has 0 bridgehead atoms. The topological polar surface area (TPSA) is 105 Å². The van der Waals surface area contributed by atoms with Crippen molar-refractivity contribution in [3.05, 3.63) is 94.0 Å². The van der Waals surface area contributed by atoms with Crippen LogP contribution in [0, 0.1) is 0 Å². The molecule has 0 aliphatic carbocycles. The Morgan fingerprint density at radius 1 is 0.927 bits per heavy atom. The smallest absolute Gasteiger partial charge is 0.335 e. The van der Waals surface area contributed by atoms with Crippen molar-refractivity contribution in [1.29, 1.82) is 0 Å². The maximum absolute atomic E-state index is 13.1. The van der Waals surface area contributed by atoms with Gasteiger partial charge in [0, 0.05) is 23.7 Å². The summed E-state index contributed by atoms with van der Waals surface area (Å²) in [5, 5.41) is 2.64. The first kappa shape index (κ1) is 27.9. The number of anilines is 1. The quantitative estimate of drug-likeness (QED) is 0.307. The molecule has 5 amide bonds. The molecule has 2 heterocycles. The molecule has 3 aromatic carbocycles. The van der Waals surface area contributed by atoms with Gasteiger partial charge in [-0.1, -0.05) is 29.8 Å². The van der Waals surface area contributed by atoms with Crippen LogP contribution in [0.1, 0.15) is 40.7 Å². The predicted octanol–water partition coefficient (Wildman–Crippen LogP) is 5.22. The van der Waals surface area contributed by atoms with Crippen LogP contribution in [0.15, 0.2) is 72.3 Å². The third kappa shape index (κ3) is 6.25. The van der Waals surface area contributed by atoms with E-state index in [1.54, 1.807) is 30.3 Å². The van der Waals surface area contributed by atoms with Crippen LogP contribution in [-0.4, -0.2) is 48.9 Å². The van der Waals surface area contributed by atoms with Gasteiger partial charge in [-0.15, -0.1) is 0 Å². The zero-order chi connectivity index (χ0) is 28.9. The molecule has 210 valence electrons. The van der Waals surface area contributed by atoms with Gasteiger partial charge in [0.05, 0.1) is 12.8 Å². The Hall–Kier alpha value is -4.63. The number of barbiturate groups is 1. The van der Waals surface area contributed by atoms with Gasteiger partial charge in [0.2, 0.25) is 0 Å². The van der Waals surface area contributed by atoms with Crippen molar-refractivity contribution in [1.82, 2.24) is 10.2 Å². The van der Waals surface area contributed by atoms with E-state index >= 15 is 0 Å². The van der Waals surface area contributed by atoms with Crippen molar-refractivity contribution in [3.63, 3.8) is 0 Å². The first-order valence-corrected chi connectivity index (χ1v) is 13.6. The van der Waals surface area contributed by atoms with Gasteiger partial charge in [0.1, 0.15) is 12.2 Å². The number of nitrogens with one attached hydrogen (secondary N) is 1. The lowest BCUT2D eigenvalue weighted by molar-refractivity contribution is -0.122. The number of rotatable bonds is 7. The lowest BCUT2D eigenvalue weighted by Gasteiger charge is -2.26. The monoisotopic (exact) mass is 573 g/mol. The van der Waals surface area contributed by atoms with Crippen LogP contribution in [0.25, 0.3) is 6.08 Å². The number of carbonyl (C=O) groups is 4. The van der Waals surface area contributed by atoms with Gasteiger partial charge >= 0.3 is 6.03 Å². The Kier molecular flexibility index (Phi) is 8.35. The molecular formula is C31H28ClN3O6. The number of ether oxygens (including phenoxy) is 2. The van der Waals surface area contributed by atoms with E-state index in [4.69, 9.17) is 21.1 Å². The van der Waals surface area contributed by atoms with Crippen LogP contribution in [0.3, 0.4) is 0 Å². The minimum Gasteiger partial charge on any atom is -0.493 e. The minimum absolute atomic E-state index is 0.0503. The van der Waals surface area contributed by atoms with Crippen molar-refractivity contribution in [2.24, 2.45) is 0 Å². The highest BCUT2D eigenvalue weighted by molar-refractivity contribution is 6.39. The van der Waals surface area contributed by atoms with Crippen molar-refractivity contribution in [3.8, 4) is 11.5 Å². The summed E-state index contributed by atoms with van der Waals surface area (Å²) in [5.74, 6) is -0.658. The molecule has 0 atom stereocenters. The van der Waals surface area contributed by atoms with Gasteiger partial charge in [-0.3, -0.25) is 19.7 Å². The number of likely N-dealkylation sites (tertiary alicyclic amines) is 1. The highest BCUT2D eigenvalue weighted by Crippen LogP contribution is 2.31. The van der Waals surface area contributed by atoms with E-state index < -0.39 is 17.8 Å². The molecule has 10 heteroatoms. The molecule has 2 aliphatic heterocycles. The Balaban J connectivity index is 1.28. The number of hydrogen-bond donors (Lipinski definition) is 1. The van der Waals surface area contributed by atoms with Crippen molar-refractivity contribution >= 4 is 47.1 Å². The number of hydrogen-bond acceptors (Lipinski definition) is 6. The van der Waals surface area contributed by atoms with Crippen LogP contribution in [0.2, 0.25) is 5.02 Å². The van der Waals surface area contributed by atoms with E-state index in [2.05, 4.69) is 5.32 Å². The number of methoxy groups -OCH3 is 1. The highest BCUT2D eigenvalue weighted by atomic mass is 35.5. The minimum atomic E-state index is -0.843. The zero-order valence-electron chi connectivity index (χ0n) is 22.4. The molecule has 3 aromatic rings. The first-order valence-electron chi connectivity index (χ1n) is 13.2. The van der Waals surface area contributed by atoms with Crippen LogP contribution < -0.4 is 19.7 Å². The van der Waals surface area contributed by atoms with E-state index in [9.17, 15) is 19.2 Å². The van der Waals surface area contributed by atoms with Crippen molar-refractivity contribution < 1.29 is 28.7 Å². The van der Waals surface area contributed by atoms with E-state index in [0.29, 0.717) is 27.6 Å². The van der Waals surface area contributed by atoms with Crippen LogP contribution >= 0.6 is 11.6 Å². The molecule has 9 nitrogen and oxygen atoms in total. The normalized spacial score (nSPS) is 16.5. The third-order valence-corrected chi connectivity index (χ3v) is 7.18. The first-order chi connectivity index (χ1) is 19.8. The summed E-state index contributed by atoms with van der Waals surface area (Å²) in [6, 6.07) is 17.6. The molecule has 5 rings (SSSR count). The number of piperidine rings is 1. The molecule has 41 heavy (non-hydrogen) atoms. The van der Waals surface area contributed by atoms with Gasteiger partial charge in [-0.2, -0.15) is 0 Å². The summed E-state index contributed by atoms with van der Waals surface area (Å²) >= 11 is 5.92. The van der Waals surface area contributed by atoms with Gasteiger partial charge in [0.25, 0.3) is 17.7 Å². The highest BCUT2D eigenvalue weighted by Gasteiger charge is 2.36. The zero-order valence-corrected chi connectivity index (χ0v) is 23.1. The Labute approximate surface area is 242 Å². The van der Waals surface area contributed by atoms with Crippen LogP contribution in [-0.2, 0) is 16.2 Å². The third-order valence-electron chi connectivity index (χ3n) is 6.92. The standard InChI is InChI=1S/C31H28ClN3O6/c1-40-27-18-21(17-25-28(36)33-31(39)35(30(25)38)24-12-10-23(32)11-13-24)7-14-26(27)41-19-20-5-8-22(9-6-20)29(37)34-15-3-2-4-16-34/h5-14,17-18H,2-4,15-16,19H2,1H3,(H,33,36,39)/b25-17+. The second kappa shape index (κ2) is 12.3. The molecule has 2 aliphatic rings. The molecule has 0 radical (unpaired) electrons. The van der Waals surface area contributed by atoms with Gasteiger partial charge in [-0.25, -0.2) is 9.69 Å². The number of carbonyl (C=O) groups excluding carboxylic acids is 4. The van der Waals surface area contributed by atoms with E-state index in [-0.39, 0.29) is 23.8 Å². The Bertz CT molecular complexity index is 1510. The Morgan fingerprint density at radius 2 is 1.63 bits per heavy atom. The summed E-state index contributed by atoms with van der Waals surface area (Å²) in [4.78, 5) is 53.6. The number of nitrogens with zero attached hydrogens (tertiary/aromatic N) is 2. The predicted molar refractivity (Wildman–Crippen MR) is 154 cm³/mol.